The number of nitrogens with zero attached hydrogens (tertiary/aromatic N) is 3. The number of hydrogen-bond acceptors (Lipinski definition) is 6. The molecule has 1 amide bonds. The Morgan fingerprint density at radius 2 is 2.33 bits per heavy atom. The number of hydrogen-bond donors (Lipinski definition) is 0. The van der Waals surface area contributed by atoms with E-state index in [0.717, 1.165) is 24.9 Å². The van der Waals surface area contributed by atoms with Gasteiger partial charge in [-0.2, -0.15) is 16.3 Å². The van der Waals surface area contributed by atoms with Crippen molar-refractivity contribution in [2.75, 3.05) is 20.2 Å². The van der Waals surface area contributed by atoms with E-state index in [4.69, 9.17) is 9.26 Å². The van der Waals surface area contributed by atoms with Crippen molar-refractivity contribution in [3.8, 4) is 17.1 Å². The van der Waals surface area contributed by atoms with Gasteiger partial charge in [0.15, 0.2) is 0 Å². The minimum atomic E-state index is 0.0445. The molecule has 0 aliphatic carbocycles. The largest absolute Gasteiger partial charge is 0.497 e. The van der Waals surface area contributed by atoms with Crippen molar-refractivity contribution in [2.24, 2.45) is 5.92 Å². The average Bonchev–Trinajstić information content (AvgIpc) is 3.39. The summed E-state index contributed by atoms with van der Waals surface area (Å²) in [5.74, 6) is 2.33. The zero-order valence-electron chi connectivity index (χ0n) is 15.1. The van der Waals surface area contributed by atoms with Gasteiger partial charge in [-0.3, -0.25) is 4.79 Å². The van der Waals surface area contributed by atoms with Crippen molar-refractivity contribution in [2.45, 2.75) is 19.3 Å². The van der Waals surface area contributed by atoms with Gasteiger partial charge in [-0.1, -0.05) is 11.2 Å². The van der Waals surface area contributed by atoms with Gasteiger partial charge in [0.25, 0.3) is 5.91 Å². The van der Waals surface area contributed by atoms with E-state index >= 15 is 0 Å². The number of aromatic nitrogens is 2. The van der Waals surface area contributed by atoms with Crippen molar-refractivity contribution < 1.29 is 14.1 Å². The highest BCUT2D eigenvalue weighted by atomic mass is 32.1. The molecule has 140 valence electrons. The van der Waals surface area contributed by atoms with E-state index in [0.29, 0.717) is 41.9 Å². The van der Waals surface area contributed by atoms with Gasteiger partial charge >= 0.3 is 0 Å². The fourth-order valence-corrected chi connectivity index (χ4v) is 4.08. The molecule has 3 aromatic rings. The SMILES string of the molecule is COc1cccc(C(=O)N2CCCC(Cc3nc(-c4ccsc4)no3)C2)c1. The second-order valence-electron chi connectivity index (χ2n) is 6.72. The van der Waals surface area contributed by atoms with Crippen LogP contribution < -0.4 is 4.74 Å². The minimum absolute atomic E-state index is 0.0445. The number of piperidine rings is 1. The summed E-state index contributed by atoms with van der Waals surface area (Å²) in [7, 11) is 1.61. The lowest BCUT2D eigenvalue weighted by molar-refractivity contribution is 0.0668. The monoisotopic (exact) mass is 383 g/mol. The van der Waals surface area contributed by atoms with Gasteiger partial charge in [0.05, 0.1) is 7.11 Å². The summed E-state index contributed by atoms with van der Waals surface area (Å²) >= 11 is 1.61. The number of carbonyl (C=O) groups excluding carboxylic acids is 1. The molecule has 1 aromatic carbocycles. The molecule has 0 radical (unpaired) electrons. The molecule has 3 heterocycles. The molecule has 7 heteroatoms. The van der Waals surface area contributed by atoms with Crippen LogP contribution >= 0.6 is 11.3 Å². The molecule has 2 aromatic heterocycles. The van der Waals surface area contributed by atoms with Gasteiger partial charge in [-0.25, -0.2) is 0 Å². The first-order valence-corrected chi connectivity index (χ1v) is 9.95. The smallest absolute Gasteiger partial charge is 0.253 e. The molecule has 1 fully saturated rings. The van der Waals surface area contributed by atoms with Gasteiger partial charge in [0, 0.05) is 36.0 Å². The Morgan fingerprint density at radius 3 is 3.15 bits per heavy atom. The molecular weight excluding hydrogens is 362 g/mol. The van der Waals surface area contributed by atoms with Crippen LogP contribution in [0.2, 0.25) is 0 Å². The summed E-state index contributed by atoms with van der Waals surface area (Å²) in [6.45, 7) is 1.47. The van der Waals surface area contributed by atoms with Crippen molar-refractivity contribution in [1.29, 1.82) is 0 Å². The molecule has 1 aliphatic heterocycles. The highest BCUT2D eigenvalue weighted by molar-refractivity contribution is 7.08. The third-order valence-electron chi connectivity index (χ3n) is 4.83. The Kier molecular flexibility index (Phi) is 5.20. The van der Waals surface area contributed by atoms with Crippen LogP contribution in [0.15, 0.2) is 45.6 Å². The summed E-state index contributed by atoms with van der Waals surface area (Å²) in [5, 5.41) is 8.07. The molecule has 27 heavy (non-hydrogen) atoms. The van der Waals surface area contributed by atoms with Gasteiger partial charge in [0.1, 0.15) is 5.75 Å². The highest BCUT2D eigenvalue weighted by Crippen LogP contribution is 2.24. The van der Waals surface area contributed by atoms with E-state index in [2.05, 4.69) is 10.1 Å². The number of amides is 1. The summed E-state index contributed by atoms with van der Waals surface area (Å²) < 4.78 is 10.7. The zero-order valence-corrected chi connectivity index (χ0v) is 15.9. The maximum absolute atomic E-state index is 12.8. The maximum Gasteiger partial charge on any atom is 0.253 e. The standard InChI is InChI=1S/C20H21N3O3S/c1-25-17-6-2-5-15(11-17)20(24)23-8-3-4-14(12-23)10-18-21-19(22-26-18)16-7-9-27-13-16/h2,5-7,9,11,13-14H,3-4,8,10,12H2,1H3. The summed E-state index contributed by atoms with van der Waals surface area (Å²) in [6, 6.07) is 9.29. The number of thiophene rings is 1. The molecule has 0 bridgehead atoms. The van der Waals surface area contributed by atoms with Gasteiger partial charge in [-0.15, -0.1) is 0 Å². The van der Waals surface area contributed by atoms with Crippen LogP contribution in [0.25, 0.3) is 11.4 Å². The molecule has 0 saturated carbocycles. The molecular formula is C20H21N3O3S. The van der Waals surface area contributed by atoms with Gasteiger partial charge in [0.2, 0.25) is 11.7 Å². The van der Waals surface area contributed by atoms with Crippen LogP contribution in [0, 0.1) is 5.92 Å². The molecule has 1 atom stereocenters. The second kappa shape index (κ2) is 7.92. The Morgan fingerprint density at radius 1 is 1.41 bits per heavy atom. The Balaban J connectivity index is 1.41. The van der Waals surface area contributed by atoms with Crippen LogP contribution in [0.1, 0.15) is 29.1 Å². The lowest BCUT2D eigenvalue weighted by Crippen LogP contribution is -2.40. The Labute approximate surface area is 161 Å². The van der Waals surface area contributed by atoms with Gasteiger partial charge in [-0.05, 0) is 48.4 Å². The normalized spacial score (nSPS) is 17.1. The lowest BCUT2D eigenvalue weighted by Gasteiger charge is -2.32. The predicted molar refractivity (Wildman–Crippen MR) is 103 cm³/mol. The van der Waals surface area contributed by atoms with E-state index in [1.807, 2.05) is 39.9 Å². The average molecular weight is 383 g/mol. The number of carbonyl (C=O) groups is 1. The molecule has 0 spiro atoms. The van der Waals surface area contributed by atoms with E-state index in [-0.39, 0.29) is 5.91 Å². The van der Waals surface area contributed by atoms with E-state index < -0.39 is 0 Å². The summed E-state index contributed by atoms with van der Waals surface area (Å²) in [5.41, 5.74) is 1.64. The van der Waals surface area contributed by atoms with E-state index in [9.17, 15) is 4.79 Å². The van der Waals surface area contributed by atoms with Crippen molar-refractivity contribution >= 4 is 17.2 Å². The topological polar surface area (TPSA) is 68.5 Å². The predicted octanol–water partition coefficient (Wildman–Crippen LogP) is 3.90. The summed E-state index contributed by atoms with van der Waals surface area (Å²) in [4.78, 5) is 19.3. The first kappa shape index (κ1) is 17.7. The highest BCUT2D eigenvalue weighted by Gasteiger charge is 2.26. The molecule has 4 rings (SSSR count). The van der Waals surface area contributed by atoms with Crippen LogP contribution in [-0.4, -0.2) is 41.1 Å². The van der Waals surface area contributed by atoms with E-state index in [1.165, 1.54) is 0 Å². The van der Waals surface area contributed by atoms with Crippen molar-refractivity contribution in [3.05, 3.63) is 52.5 Å². The quantitative estimate of drug-likeness (QED) is 0.668. The first-order valence-electron chi connectivity index (χ1n) is 9.01. The number of benzene rings is 1. The number of methoxy groups -OCH3 is 1. The Bertz CT molecular complexity index is 907. The second-order valence-corrected chi connectivity index (χ2v) is 7.50. The van der Waals surface area contributed by atoms with Crippen LogP contribution in [0.3, 0.4) is 0 Å². The van der Waals surface area contributed by atoms with Crippen LogP contribution in [0.5, 0.6) is 5.75 Å². The summed E-state index contributed by atoms with van der Waals surface area (Å²) in [6.07, 6.45) is 2.73. The molecule has 1 unspecified atom stereocenters. The van der Waals surface area contributed by atoms with Crippen molar-refractivity contribution in [3.63, 3.8) is 0 Å². The van der Waals surface area contributed by atoms with E-state index in [1.54, 1.807) is 24.5 Å². The zero-order chi connectivity index (χ0) is 18.6. The number of likely N-dealkylation sites (tertiary alicyclic amines) is 1. The Hall–Kier alpha value is -2.67. The fraction of sp³-hybridized carbons (Fsp3) is 0.350. The fourth-order valence-electron chi connectivity index (χ4n) is 3.45. The molecule has 1 saturated heterocycles. The third-order valence-corrected chi connectivity index (χ3v) is 5.52. The molecule has 0 N–H and O–H groups in total. The van der Waals surface area contributed by atoms with Crippen LogP contribution in [-0.2, 0) is 6.42 Å². The molecule has 6 nitrogen and oxygen atoms in total. The van der Waals surface area contributed by atoms with Crippen molar-refractivity contribution in [1.82, 2.24) is 15.0 Å². The first-order chi connectivity index (χ1) is 13.2. The lowest BCUT2D eigenvalue weighted by atomic mass is 9.94. The third kappa shape index (κ3) is 4.03. The van der Waals surface area contributed by atoms with Crippen LogP contribution in [0.4, 0.5) is 0 Å². The molecule has 1 aliphatic rings. The number of rotatable bonds is 5. The maximum atomic E-state index is 12.8. The van der Waals surface area contributed by atoms with Gasteiger partial charge < -0.3 is 14.2 Å². The minimum Gasteiger partial charge on any atom is -0.497 e. The number of ether oxygens (including phenoxy) is 1.